The third-order valence-electron chi connectivity index (χ3n) is 4.51. The van der Waals surface area contributed by atoms with Crippen LogP contribution in [0, 0.1) is 5.92 Å². The zero-order valence-electron chi connectivity index (χ0n) is 13.4. The number of rotatable bonds is 6. The minimum Gasteiger partial charge on any atom is -0.472 e. The summed E-state index contributed by atoms with van der Waals surface area (Å²) in [5.41, 5.74) is 0.430. The molecule has 2 amide bonds. The Morgan fingerprint density at radius 2 is 2.00 bits per heavy atom. The lowest BCUT2D eigenvalue weighted by atomic mass is 9.83. The second kappa shape index (κ2) is 8.01. The first-order valence-corrected chi connectivity index (χ1v) is 8.25. The van der Waals surface area contributed by atoms with E-state index in [9.17, 15) is 9.59 Å². The Morgan fingerprint density at radius 1 is 1.27 bits per heavy atom. The van der Waals surface area contributed by atoms with E-state index in [0.29, 0.717) is 11.5 Å². The smallest absolute Gasteiger partial charge is 0.255 e. The van der Waals surface area contributed by atoms with E-state index in [1.807, 2.05) is 0 Å². The highest BCUT2D eigenvalue weighted by Gasteiger charge is 2.26. The maximum Gasteiger partial charge on any atom is 0.255 e. The van der Waals surface area contributed by atoms with Crippen molar-refractivity contribution in [2.75, 3.05) is 0 Å². The molecule has 0 saturated heterocycles. The highest BCUT2D eigenvalue weighted by Crippen LogP contribution is 2.27. The Bertz CT molecular complexity index is 478. The lowest BCUT2D eigenvalue weighted by Crippen LogP contribution is -2.50. The van der Waals surface area contributed by atoms with E-state index in [4.69, 9.17) is 4.42 Å². The van der Waals surface area contributed by atoms with Crippen molar-refractivity contribution in [3.05, 3.63) is 24.2 Å². The molecule has 5 heteroatoms. The average molecular weight is 306 g/mol. The SMILES string of the molecule is CC[C@H](NC(=O)[C@H](C)NC(=O)c1ccoc1)C1CCCCC1. The Hall–Kier alpha value is -1.78. The Morgan fingerprint density at radius 3 is 2.59 bits per heavy atom. The molecule has 0 unspecified atom stereocenters. The summed E-state index contributed by atoms with van der Waals surface area (Å²) in [5.74, 6) is 0.163. The minimum atomic E-state index is -0.556. The van der Waals surface area contributed by atoms with Gasteiger partial charge < -0.3 is 15.1 Å². The van der Waals surface area contributed by atoms with Gasteiger partial charge in [0.05, 0.1) is 11.8 Å². The first kappa shape index (κ1) is 16.6. The molecule has 0 aliphatic heterocycles. The minimum absolute atomic E-state index is 0.116. The topological polar surface area (TPSA) is 71.3 Å². The molecule has 1 aliphatic carbocycles. The van der Waals surface area contributed by atoms with E-state index < -0.39 is 6.04 Å². The molecule has 2 atom stereocenters. The summed E-state index contributed by atoms with van der Waals surface area (Å²) < 4.78 is 4.88. The van der Waals surface area contributed by atoms with Crippen LogP contribution in [0.1, 0.15) is 62.7 Å². The fraction of sp³-hybridized carbons (Fsp3) is 0.647. The van der Waals surface area contributed by atoms with Crippen molar-refractivity contribution in [2.45, 2.75) is 64.5 Å². The molecule has 0 spiro atoms. The van der Waals surface area contributed by atoms with E-state index >= 15 is 0 Å². The predicted molar refractivity (Wildman–Crippen MR) is 84.4 cm³/mol. The molecule has 1 fully saturated rings. The summed E-state index contributed by atoms with van der Waals surface area (Å²) in [6.07, 6.45) is 9.93. The van der Waals surface area contributed by atoms with Gasteiger partial charge in [-0.25, -0.2) is 0 Å². The molecule has 1 heterocycles. The molecule has 2 rings (SSSR count). The fourth-order valence-corrected chi connectivity index (χ4v) is 3.14. The van der Waals surface area contributed by atoms with Crippen molar-refractivity contribution in [3.8, 4) is 0 Å². The van der Waals surface area contributed by atoms with Gasteiger partial charge in [0, 0.05) is 6.04 Å². The van der Waals surface area contributed by atoms with Gasteiger partial charge in [-0.05, 0) is 38.2 Å². The Labute approximate surface area is 131 Å². The van der Waals surface area contributed by atoms with Crippen LogP contribution in [0.2, 0.25) is 0 Å². The first-order chi connectivity index (χ1) is 10.6. The number of hydrogen-bond donors (Lipinski definition) is 2. The van der Waals surface area contributed by atoms with E-state index in [1.165, 1.54) is 44.6 Å². The van der Waals surface area contributed by atoms with E-state index in [-0.39, 0.29) is 17.9 Å². The Kier molecular flexibility index (Phi) is 6.04. The third-order valence-corrected chi connectivity index (χ3v) is 4.51. The van der Waals surface area contributed by atoms with Crippen LogP contribution in [0.5, 0.6) is 0 Å². The van der Waals surface area contributed by atoms with Gasteiger partial charge in [0.25, 0.3) is 5.91 Å². The van der Waals surface area contributed by atoms with Crippen molar-refractivity contribution < 1.29 is 14.0 Å². The quantitative estimate of drug-likeness (QED) is 0.849. The summed E-state index contributed by atoms with van der Waals surface area (Å²) in [5, 5.41) is 5.81. The highest BCUT2D eigenvalue weighted by molar-refractivity contribution is 5.97. The largest absolute Gasteiger partial charge is 0.472 e. The molecule has 22 heavy (non-hydrogen) atoms. The average Bonchev–Trinajstić information content (AvgIpc) is 3.07. The van der Waals surface area contributed by atoms with Gasteiger partial charge >= 0.3 is 0 Å². The third kappa shape index (κ3) is 4.36. The molecule has 1 saturated carbocycles. The number of carbonyl (C=O) groups excluding carboxylic acids is 2. The molecular weight excluding hydrogens is 280 g/mol. The zero-order chi connectivity index (χ0) is 15.9. The highest BCUT2D eigenvalue weighted by atomic mass is 16.3. The summed E-state index contributed by atoms with van der Waals surface area (Å²) in [4.78, 5) is 24.2. The van der Waals surface area contributed by atoms with E-state index in [0.717, 1.165) is 6.42 Å². The molecule has 5 nitrogen and oxygen atoms in total. The maximum atomic E-state index is 12.3. The van der Waals surface area contributed by atoms with Crippen LogP contribution in [0.4, 0.5) is 0 Å². The molecule has 0 radical (unpaired) electrons. The maximum absolute atomic E-state index is 12.3. The van der Waals surface area contributed by atoms with E-state index in [2.05, 4.69) is 17.6 Å². The molecule has 2 N–H and O–H groups in total. The van der Waals surface area contributed by atoms with Crippen LogP contribution in [0.15, 0.2) is 23.0 Å². The Balaban J connectivity index is 1.85. The molecule has 1 aromatic heterocycles. The summed E-state index contributed by atoms with van der Waals surface area (Å²) in [6.45, 7) is 3.81. The summed E-state index contributed by atoms with van der Waals surface area (Å²) >= 11 is 0. The lowest BCUT2D eigenvalue weighted by molar-refractivity contribution is -0.123. The van der Waals surface area contributed by atoms with Crippen molar-refractivity contribution in [1.29, 1.82) is 0 Å². The molecule has 1 aliphatic rings. The van der Waals surface area contributed by atoms with Crippen molar-refractivity contribution >= 4 is 11.8 Å². The molecule has 122 valence electrons. The van der Waals surface area contributed by atoms with Gasteiger partial charge in [-0.15, -0.1) is 0 Å². The molecule has 0 aromatic carbocycles. The van der Waals surface area contributed by atoms with Gasteiger partial charge in [0.1, 0.15) is 12.3 Å². The number of amides is 2. The number of hydrogen-bond acceptors (Lipinski definition) is 3. The number of nitrogens with one attached hydrogen (secondary N) is 2. The predicted octanol–water partition coefficient (Wildman–Crippen LogP) is 2.87. The molecule has 1 aromatic rings. The van der Waals surface area contributed by atoms with Crippen molar-refractivity contribution in [3.63, 3.8) is 0 Å². The molecule has 0 bridgehead atoms. The van der Waals surface area contributed by atoms with Crippen LogP contribution < -0.4 is 10.6 Å². The second-order valence-electron chi connectivity index (χ2n) is 6.13. The first-order valence-electron chi connectivity index (χ1n) is 8.25. The van der Waals surface area contributed by atoms with E-state index in [1.54, 1.807) is 13.0 Å². The van der Waals surface area contributed by atoms with Crippen LogP contribution in [-0.2, 0) is 4.79 Å². The fourth-order valence-electron chi connectivity index (χ4n) is 3.14. The zero-order valence-corrected chi connectivity index (χ0v) is 13.4. The van der Waals surface area contributed by atoms with Gasteiger partial charge in [-0.2, -0.15) is 0 Å². The van der Waals surface area contributed by atoms with Crippen LogP contribution >= 0.6 is 0 Å². The normalized spacial score (nSPS) is 18.5. The monoisotopic (exact) mass is 306 g/mol. The summed E-state index contributed by atoms with van der Waals surface area (Å²) in [7, 11) is 0. The van der Waals surface area contributed by atoms with Crippen molar-refractivity contribution in [2.24, 2.45) is 5.92 Å². The van der Waals surface area contributed by atoms with Gasteiger partial charge in [0.15, 0.2) is 0 Å². The van der Waals surface area contributed by atoms with Crippen LogP contribution in [0.3, 0.4) is 0 Å². The summed E-state index contributed by atoms with van der Waals surface area (Å²) in [6, 6.07) is 1.23. The van der Waals surface area contributed by atoms with Crippen molar-refractivity contribution in [1.82, 2.24) is 10.6 Å². The number of carbonyl (C=O) groups is 2. The van der Waals surface area contributed by atoms with Crippen LogP contribution in [-0.4, -0.2) is 23.9 Å². The molecular formula is C17H26N2O3. The van der Waals surface area contributed by atoms with Gasteiger partial charge in [-0.1, -0.05) is 26.2 Å². The standard InChI is InChI=1S/C17H26N2O3/c1-3-15(13-7-5-4-6-8-13)19-16(20)12(2)18-17(21)14-9-10-22-11-14/h9-13,15H,3-8H2,1-2H3,(H,18,21)(H,19,20)/t12-,15-/m0/s1. The number of furan rings is 1. The lowest BCUT2D eigenvalue weighted by Gasteiger charge is -2.31. The van der Waals surface area contributed by atoms with Crippen LogP contribution in [0.25, 0.3) is 0 Å². The van der Waals surface area contributed by atoms with Gasteiger partial charge in [-0.3, -0.25) is 9.59 Å². The van der Waals surface area contributed by atoms with Gasteiger partial charge in [0.2, 0.25) is 5.91 Å². The second-order valence-corrected chi connectivity index (χ2v) is 6.13.